The highest BCUT2D eigenvalue weighted by Gasteiger charge is 2.10. The van der Waals surface area contributed by atoms with Gasteiger partial charge in [-0.1, -0.05) is 23.2 Å². The molecule has 0 aliphatic heterocycles. The monoisotopic (exact) mass is 228 g/mol. The van der Waals surface area contributed by atoms with Crippen LogP contribution in [0.3, 0.4) is 0 Å². The first-order chi connectivity index (χ1) is 6.59. The lowest BCUT2D eigenvalue weighted by molar-refractivity contribution is 0.101. The van der Waals surface area contributed by atoms with Crippen LogP contribution in [0.1, 0.15) is 17.4 Å². The number of imidazole rings is 1. The van der Waals surface area contributed by atoms with Crippen LogP contribution in [0.5, 0.6) is 0 Å². The average molecular weight is 229 g/mol. The van der Waals surface area contributed by atoms with Crippen molar-refractivity contribution >= 4 is 34.6 Å². The van der Waals surface area contributed by atoms with Gasteiger partial charge in [-0.25, -0.2) is 4.98 Å². The molecule has 0 bridgehead atoms. The molecule has 14 heavy (non-hydrogen) atoms. The van der Waals surface area contributed by atoms with E-state index in [1.165, 1.54) is 13.1 Å². The van der Waals surface area contributed by atoms with Gasteiger partial charge < -0.3 is 0 Å². The van der Waals surface area contributed by atoms with E-state index in [0.29, 0.717) is 21.4 Å². The molecule has 0 unspecified atom stereocenters. The maximum atomic E-state index is 11.2. The maximum absolute atomic E-state index is 11.2. The summed E-state index contributed by atoms with van der Waals surface area (Å²) in [7, 11) is 0. The molecule has 3 nitrogen and oxygen atoms in total. The summed E-state index contributed by atoms with van der Waals surface area (Å²) in [5.41, 5.74) is 1.02. The molecule has 0 saturated heterocycles. The fraction of sp³-hybridized carbons (Fsp3) is 0.111. The van der Waals surface area contributed by atoms with E-state index in [4.69, 9.17) is 23.2 Å². The molecular formula is C9H6Cl2N2O. The van der Waals surface area contributed by atoms with Gasteiger partial charge in [0.1, 0.15) is 5.69 Å². The van der Waals surface area contributed by atoms with Gasteiger partial charge in [0.05, 0.1) is 16.2 Å². The number of fused-ring (bicyclic) bond motifs is 1. The van der Waals surface area contributed by atoms with Crippen molar-refractivity contribution in [3.63, 3.8) is 0 Å². The summed E-state index contributed by atoms with van der Waals surface area (Å²) in [6, 6.07) is 1.59. The molecule has 0 atom stereocenters. The first kappa shape index (κ1) is 9.49. The Morgan fingerprint density at radius 1 is 1.50 bits per heavy atom. The van der Waals surface area contributed by atoms with Crippen LogP contribution in [0.25, 0.3) is 5.65 Å². The van der Waals surface area contributed by atoms with Crippen LogP contribution in [-0.2, 0) is 0 Å². The van der Waals surface area contributed by atoms with Crippen LogP contribution in [0.15, 0.2) is 18.5 Å². The number of ketones is 1. The Morgan fingerprint density at radius 3 is 2.86 bits per heavy atom. The summed E-state index contributed by atoms with van der Waals surface area (Å²) >= 11 is 11.7. The van der Waals surface area contributed by atoms with Gasteiger partial charge in [0.2, 0.25) is 0 Å². The second-order valence-electron chi connectivity index (χ2n) is 2.90. The lowest BCUT2D eigenvalue weighted by atomic mass is 10.3. The second-order valence-corrected chi connectivity index (χ2v) is 3.74. The van der Waals surface area contributed by atoms with E-state index in [1.807, 2.05) is 0 Å². The first-order valence-corrected chi connectivity index (χ1v) is 4.68. The maximum Gasteiger partial charge on any atom is 0.178 e. The van der Waals surface area contributed by atoms with Gasteiger partial charge in [-0.15, -0.1) is 0 Å². The molecule has 0 fully saturated rings. The molecule has 2 rings (SSSR count). The second kappa shape index (κ2) is 3.26. The van der Waals surface area contributed by atoms with Crippen LogP contribution in [0.2, 0.25) is 10.0 Å². The summed E-state index contributed by atoms with van der Waals surface area (Å²) in [6.45, 7) is 1.47. The molecule has 0 aromatic carbocycles. The number of rotatable bonds is 1. The van der Waals surface area contributed by atoms with Crippen molar-refractivity contribution in [2.75, 3.05) is 0 Å². The van der Waals surface area contributed by atoms with Gasteiger partial charge in [-0.2, -0.15) is 0 Å². The third kappa shape index (κ3) is 1.38. The normalized spacial score (nSPS) is 10.8. The number of Topliss-reactive ketones (excluding diaryl/α,β-unsaturated/α-hetero) is 1. The van der Waals surface area contributed by atoms with Gasteiger partial charge in [-0.3, -0.25) is 9.20 Å². The number of carbonyl (C=O) groups excluding carboxylic acids is 1. The van der Waals surface area contributed by atoms with Crippen molar-refractivity contribution < 1.29 is 4.79 Å². The Morgan fingerprint density at radius 2 is 2.21 bits per heavy atom. The fourth-order valence-electron chi connectivity index (χ4n) is 1.27. The van der Waals surface area contributed by atoms with Gasteiger partial charge >= 0.3 is 0 Å². The van der Waals surface area contributed by atoms with E-state index in [2.05, 4.69) is 4.98 Å². The summed E-state index contributed by atoms with van der Waals surface area (Å²) in [6.07, 6.45) is 3.10. The molecule has 5 heteroatoms. The summed E-state index contributed by atoms with van der Waals surface area (Å²) in [5, 5.41) is 0.910. The molecule has 0 aliphatic rings. The Hall–Kier alpha value is -1.06. The zero-order valence-electron chi connectivity index (χ0n) is 7.29. The number of hydrogen-bond acceptors (Lipinski definition) is 2. The van der Waals surface area contributed by atoms with Gasteiger partial charge in [0, 0.05) is 13.1 Å². The summed E-state index contributed by atoms with van der Waals surface area (Å²) < 4.78 is 1.59. The zero-order valence-corrected chi connectivity index (χ0v) is 8.80. The van der Waals surface area contributed by atoms with Gasteiger partial charge in [0.25, 0.3) is 0 Å². The number of nitrogens with zero attached hydrogens (tertiary/aromatic N) is 2. The van der Waals surface area contributed by atoms with Crippen molar-refractivity contribution in [2.24, 2.45) is 0 Å². The van der Waals surface area contributed by atoms with E-state index in [0.717, 1.165) is 0 Å². The number of halogens is 2. The smallest absolute Gasteiger partial charge is 0.178 e. The largest absolute Gasteiger partial charge is 0.294 e. The lowest BCUT2D eigenvalue weighted by Gasteiger charge is -1.99. The summed E-state index contributed by atoms with van der Waals surface area (Å²) in [5.74, 6) is -0.0733. The fourth-order valence-corrected chi connectivity index (χ4v) is 1.79. The average Bonchev–Trinajstić information content (AvgIpc) is 2.47. The molecule has 0 spiro atoms. The van der Waals surface area contributed by atoms with Crippen molar-refractivity contribution in [3.8, 4) is 0 Å². The Kier molecular flexibility index (Phi) is 2.21. The van der Waals surface area contributed by atoms with Crippen molar-refractivity contribution in [2.45, 2.75) is 6.92 Å². The minimum absolute atomic E-state index is 0.0733. The van der Waals surface area contributed by atoms with Crippen LogP contribution in [-0.4, -0.2) is 15.2 Å². The number of hydrogen-bond donors (Lipinski definition) is 0. The van der Waals surface area contributed by atoms with Crippen molar-refractivity contribution in [1.82, 2.24) is 9.38 Å². The molecule has 72 valence electrons. The highest BCUT2D eigenvalue weighted by atomic mass is 35.5. The van der Waals surface area contributed by atoms with E-state index in [1.54, 1.807) is 16.7 Å². The van der Waals surface area contributed by atoms with E-state index in [9.17, 15) is 4.79 Å². The van der Waals surface area contributed by atoms with Crippen LogP contribution >= 0.6 is 23.2 Å². The van der Waals surface area contributed by atoms with Crippen LogP contribution < -0.4 is 0 Å². The standard InChI is InChI=1S/C9H6Cl2N2O/c1-5(14)8-3-12-9-7(11)2-6(10)4-13(8)9/h2-4H,1H3. The predicted molar refractivity (Wildman–Crippen MR) is 55.2 cm³/mol. The number of carbonyl (C=O) groups is 1. The molecule has 0 aliphatic carbocycles. The molecule has 0 amide bonds. The third-order valence-electron chi connectivity index (χ3n) is 1.89. The minimum Gasteiger partial charge on any atom is -0.294 e. The minimum atomic E-state index is -0.0733. The highest BCUT2D eigenvalue weighted by Crippen LogP contribution is 2.22. The zero-order chi connectivity index (χ0) is 10.3. The van der Waals surface area contributed by atoms with E-state index in [-0.39, 0.29) is 5.78 Å². The molecule has 0 saturated carbocycles. The summed E-state index contributed by atoms with van der Waals surface area (Å²) in [4.78, 5) is 15.2. The van der Waals surface area contributed by atoms with Crippen molar-refractivity contribution in [1.29, 1.82) is 0 Å². The Balaban J connectivity index is 2.85. The molecule has 2 aromatic rings. The van der Waals surface area contributed by atoms with Crippen LogP contribution in [0.4, 0.5) is 0 Å². The number of pyridine rings is 1. The molecule has 2 heterocycles. The molecule has 2 aromatic heterocycles. The quantitative estimate of drug-likeness (QED) is 0.704. The van der Waals surface area contributed by atoms with E-state index < -0.39 is 0 Å². The molecule has 0 N–H and O–H groups in total. The highest BCUT2D eigenvalue weighted by molar-refractivity contribution is 6.36. The third-order valence-corrected chi connectivity index (χ3v) is 2.37. The Labute approximate surface area is 90.3 Å². The number of aromatic nitrogens is 2. The SMILES string of the molecule is CC(=O)c1cnc2c(Cl)cc(Cl)cn12. The lowest BCUT2D eigenvalue weighted by Crippen LogP contribution is -1.98. The molecular weight excluding hydrogens is 223 g/mol. The Bertz CT molecular complexity index is 519. The first-order valence-electron chi connectivity index (χ1n) is 3.92. The van der Waals surface area contributed by atoms with E-state index >= 15 is 0 Å². The topological polar surface area (TPSA) is 34.4 Å². The molecule has 0 radical (unpaired) electrons. The van der Waals surface area contributed by atoms with Gasteiger partial charge in [-0.05, 0) is 6.07 Å². The van der Waals surface area contributed by atoms with Gasteiger partial charge in [0.15, 0.2) is 11.4 Å². The predicted octanol–water partition coefficient (Wildman–Crippen LogP) is 2.84. The van der Waals surface area contributed by atoms with Crippen molar-refractivity contribution in [3.05, 3.63) is 34.2 Å². The van der Waals surface area contributed by atoms with Crippen LogP contribution in [0, 0.1) is 0 Å².